The molecule has 0 unspecified atom stereocenters. The van der Waals surface area contributed by atoms with Gasteiger partial charge in [-0.3, -0.25) is 19.7 Å². The largest absolute Gasteiger partial charge is 0.423 e. The molecule has 1 aliphatic rings. The van der Waals surface area contributed by atoms with E-state index in [1.807, 2.05) is 0 Å². The first-order chi connectivity index (χ1) is 19.0. The first-order valence-electron chi connectivity index (χ1n) is 12.4. The Hall–Kier alpha value is -4.33. The third-order valence-electron chi connectivity index (χ3n) is 6.38. The van der Waals surface area contributed by atoms with Gasteiger partial charge in [-0.25, -0.2) is 9.37 Å². The lowest BCUT2D eigenvalue weighted by atomic mass is 9.92. The average molecular weight is 564 g/mol. The summed E-state index contributed by atoms with van der Waals surface area (Å²) in [7, 11) is 0. The molecule has 0 spiro atoms. The van der Waals surface area contributed by atoms with Crippen molar-refractivity contribution in [3.8, 4) is 0 Å². The molecule has 40 heavy (non-hydrogen) atoms. The molecule has 1 saturated carbocycles. The van der Waals surface area contributed by atoms with Gasteiger partial charge in [0.25, 0.3) is 5.69 Å². The lowest BCUT2D eigenvalue weighted by Gasteiger charge is -2.30. The molecule has 3 N–H and O–H groups in total. The number of nitro groups is 1. The fourth-order valence-corrected chi connectivity index (χ4v) is 4.43. The zero-order valence-corrected chi connectivity index (χ0v) is 21.0. The predicted octanol–water partition coefficient (Wildman–Crippen LogP) is 4.80. The summed E-state index contributed by atoms with van der Waals surface area (Å²) in [5.41, 5.74) is -1.70. The van der Waals surface area contributed by atoms with Crippen molar-refractivity contribution in [3.05, 3.63) is 70.0 Å². The lowest BCUT2D eigenvalue weighted by molar-refractivity contribution is -0.388. The molecule has 4 rings (SSSR count). The number of rotatable bonds is 8. The number of benzene rings is 2. The molecule has 1 aromatic heterocycles. The lowest BCUT2D eigenvalue weighted by Crippen LogP contribution is -2.38. The Bertz CT molecular complexity index is 1410. The number of halogens is 4. The van der Waals surface area contributed by atoms with E-state index < -0.39 is 40.0 Å². The molecule has 14 heteroatoms. The van der Waals surface area contributed by atoms with Crippen molar-refractivity contribution in [1.82, 2.24) is 10.3 Å². The van der Waals surface area contributed by atoms with Crippen molar-refractivity contribution in [2.75, 3.05) is 23.8 Å². The second-order valence-electron chi connectivity index (χ2n) is 9.22. The Kier molecular flexibility index (Phi) is 8.77. The second-order valence-corrected chi connectivity index (χ2v) is 9.22. The monoisotopic (exact) mass is 563 g/mol. The molecule has 1 aliphatic carbocycles. The first-order valence-corrected chi connectivity index (χ1v) is 12.4. The van der Waals surface area contributed by atoms with E-state index >= 15 is 0 Å². The molecular formula is C26H25F4N5O5. The highest BCUT2D eigenvalue weighted by Gasteiger charge is 2.38. The van der Waals surface area contributed by atoms with E-state index in [9.17, 15) is 37.3 Å². The SMILES string of the molecule is O=C(NCCOC1CCC(Nc2ccc([N+](=O)[O-])c(C(F)(F)F)c2)CC1)C(=O)Nc1ccc2cc(F)ccc2n1. The number of anilines is 2. The summed E-state index contributed by atoms with van der Waals surface area (Å²) in [4.78, 5) is 38.3. The van der Waals surface area contributed by atoms with Gasteiger partial charge >= 0.3 is 18.0 Å². The van der Waals surface area contributed by atoms with Gasteiger partial charge in [0, 0.05) is 29.7 Å². The average Bonchev–Trinajstić information content (AvgIpc) is 2.91. The number of hydrogen-bond acceptors (Lipinski definition) is 7. The minimum atomic E-state index is -4.85. The van der Waals surface area contributed by atoms with Crippen molar-refractivity contribution in [1.29, 1.82) is 0 Å². The zero-order chi connectivity index (χ0) is 28.9. The summed E-state index contributed by atoms with van der Waals surface area (Å²) >= 11 is 0. The molecular weight excluding hydrogens is 538 g/mol. The van der Waals surface area contributed by atoms with Crippen LogP contribution in [0.15, 0.2) is 48.5 Å². The summed E-state index contributed by atoms with van der Waals surface area (Å²) in [6.45, 7) is 0.233. The van der Waals surface area contributed by atoms with Crippen LogP contribution in [0.4, 0.5) is 34.8 Å². The third-order valence-corrected chi connectivity index (χ3v) is 6.38. The maximum Gasteiger partial charge on any atom is 0.423 e. The number of carbonyl (C=O) groups excluding carboxylic acids is 2. The van der Waals surface area contributed by atoms with Gasteiger partial charge in [-0.2, -0.15) is 13.2 Å². The number of alkyl halides is 3. The van der Waals surface area contributed by atoms with E-state index in [0.29, 0.717) is 36.6 Å². The highest BCUT2D eigenvalue weighted by atomic mass is 19.4. The van der Waals surface area contributed by atoms with Crippen molar-refractivity contribution < 1.29 is 36.8 Å². The molecule has 2 aromatic carbocycles. The minimum Gasteiger partial charge on any atom is -0.382 e. The molecule has 0 radical (unpaired) electrons. The summed E-state index contributed by atoms with van der Waals surface area (Å²) in [6, 6.07) is 9.74. The summed E-state index contributed by atoms with van der Waals surface area (Å²) in [5, 5.41) is 19.3. The summed E-state index contributed by atoms with van der Waals surface area (Å²) in [6.07, 6.45) is -2.55. The van der Waals surface area contributed by atoms with E-state index in [4.69, 9.17) is 4.74 Å². The third kappa shape index (κ3) is 7.40. The molecule has 2 amide bonds. The highest BCUT2D eigenvalue weighted by Crippen LogP contribution is 2.38. The van der Waals surface area contributed by atoms with E-state index in [2.05, 4.69) is 20.9 Å². The number of carbonyl (C=O) groups is 2. The van der Waals surface area contributed by atoms with Crippen LogP contribution < -0.4 is 16.0 Å². The van der Waals surface area contributed by atoms with Crippen LogP contribution in [-0.2, 0) is 20.5 Å². The Morgan fingerprint density at radius 3 is 2.48 bits per heavy atom. The highest BCUT2D eigenvalue weighted by molar-refractivity contribution is 6.39. The van der Waals surface area contributed by atoms with E-state index in [0.717, 1.165) is 12.1 Å². The Balaban J connectivity index is 1.17. The van der Waals surface area contributed by atoms with E-state index in [-0.39, 0.29) is 36.8 Å². The van der Waals surface area contributed by atoms with Crippen molar-refractivity contribution >= 4 is 39.9 Å². The fraction of sp³-hybridized carbons (Fsp3) is 0.346. The van der Waals surface area contributed by atoms with Gasteiger partial charge in [0.15, 0.2) is 0 Å². The van der Waals surface area contributed by atoms with Crippen LogP contribution >= 0.6 is 0 Å². The van der Waals surface area contributed by atoms with Gasteiger partial charge in [0.1, 0.15) is 17.2 Å². The Labute approximate surface area is 225 Å². The number of nitro benzene ring substituents is 1. The molecule has 1 heterocycles. The van der Waals surface area contributed by atoms with E-state index in [1.54, 1.807) is 6.07 Å². The molecule has 10 nitrogen and oxygen atoms in total. The molecule has 0 saturated heterocycles. The summed E-state index contributed by atoms with van der Waals surface area (Å²) < 4.78 is 58.7. The fourth-order valence-electron chi connectivity index (χ4n) is 4.43. The predicted molar refractivity (Wildman–Crippen MR) is 137 cm³/mol. The first kappa shape index (κ1) is 28.7. The van der Waals surface area contributed by atoms with Gasteiger partial charge in [-0.05, 0) is 68.1 Å². The number of fused-ring (bicyclic) bond motifs is 1. The second kappa shape index (κ2) is 12.2. The minimum absolute atomic E-state index is 0.0812. The standard InChI is InChI=1S/C26H25F4N5O5/c27-16-2-8-21-15(13-16)1-10-23(33-21)34-25(37)24(36)31-11-12-40-19-6-3-17(4-7-19)32-18-5-9-22(35(38)39)20(14-18)26(28,29)30/h1-2,5,8-10,13-14,17,19,32H,3-4,6-7,11-12H2,(H,31,36)(H,33,34,37). The van der Waals surface area contributed by atoms with Crippen LogP contribution in [0.5, 0.6) is 0 Å². The van der Waals surface area contributed by atoms with Gasteiger partial charge < -0.3 is 20.7 Å². The van der Waals surface area contributed by atoms with Crippen molar-refractivity contribution in [2.45, 2.75) is 44.0 Å². The van der Waals surface area contributed by atoms with Crippen LogP contribution in [0.2, 0.25) is 0 Å². The van der Waals surface area contributed by atoms with Crippen LogP contribution in [0, 0.1) is 15.9 Å². The van der Waals surface area contributed by atoms with Crippen molar-refractivity contribution in [3.63, 3.8) is 0 Å². The van der Waals surface area contributed by atoms with Crippen LogP contribution in [-0.4, -0.2) is 47.0 Å². The topological polar surface area (TPSA) is 135 Å². The molecule has 0 atom stereocenters. The molecule has 3 aromatic rings. The van der Waals surface area contributed by atoms with Gasteiger partial charge in [0.2, 0.25) is 0 Å². The Morgan fingerprint density at radius 1 is 1.02 bits per heavy atom. The molecule has 0 bridgehead atoms. The van der Waals surface area contributed by atoms with Crippen LogP contribution in [0.3, 0.4) is 0 Å². The summed E-state index contributed by atoms with van der Waals surface area (Å²) in [5.74, 6) is -2.06. The molecule has 212 valence electrons. The number of hydrogen-bond donors (Lipinski definition) is 3. The number of ether oxygens (including phenoxy) is 1. The molecule has 0 aliphatic heterocycles. The number of amides is 2. The smallest absolute Gasteiger partial charge is 0.382 e. The maximum absolute atomic E-state index is 13.3. The zero-order valence-electron chi connectivity index (χ0n) is 21.0. The number of pyridine rings is 1. The Morgan fingerprint density at radius 2 is 1.77 bits per heavy atom. The van der Waals surface area contributed by atoms with E-state index in [1.165, 1.54) is 30.3 Å². The normalized spacial score (nSPS) is 17.3. The van der Waals surface area contributed by atoms with Gasteiger partial charge in [-0.1, -0.05) is 0 Å². The van der Waals surface area contributed by atoms with Crippen LogP contribution in [0.1, 0.15) is 31.2 Å². The van der Waals surface area contributed by atoms with Crippen LogP contribution in [0.25, 0.3) is 10.9 Å². The number of nitrogens with one attached hydrogen (secondary N) is 3. The maximum atomic E-state index is 13.3. The molecule has 1 fully saturated rings. The van der Waals surface area contributed by atoms with Crippen molar-refractivity contribution in [2.24, 2.45) is 0 Å². The quantitative estimate of drug-likeness (QED) is 0.118. The van der Waals surface area contributed by atoms with Gasteiger partial charge in [-0.15, -0.1) is 0 Å². The number of aromatic nitrogens is 1. The number of nitrogens with zero attached hydrogens (tertiary/aromatic N) is 2. The van der Waals surface area contributed by atoms with Gasteiger partial charge in [0.05, 0.1) is 23.2 Å².